The Labute approximate surface area is 201 Å². The van der Waals surface area contributed by atoms with E-state index in [1.54, 1.807) is 12.1 Å². The molecule has 0 unspecified atom stereocenters. The number of hydrogen-bond donors (Lipinski definition) is 0. The van der Waals surface area contributed by atoms with E-state index in [0.717, 1.165) is 17.5 Å². The van der Waals surface area contributed by atoms with Crippen LogP contribution in [0.25, 0.3) is 6.08 Å². The zero-order chi connectivity index (χ0) is 24.9. The van der Waals surface area contributed by atoms with Crippen molar-refractivity contribution in [1.82, 2.24) is 4.57 Å². The van der Waals surface area contributed by atoms with Crippen molar-refractivity contribution in [3.05, 3.63) is 93.3 Å². The van der Waals surface area contributed by atoms with Crippen LogP contribution in [0.2, 0.25) is 0 Å². The number of benzene rings is 2. The summed E-state index contributed by atoms with van der Waals surface area (Å²) in [5.41, 5.74) is 2.20. The number of ketones is 1. The lowest BCUT2D eigenvalue weighted by Crippen LogP contribution is -2.33. The number of aryl methyl sites for hydroxylation is 1. The standard InChI is InChI=1S/C26H24N2O7/c1-17-13-21(18(2)27(17)14-20-15-33-24-9-5-6-10-25(24)35-20)23(29)16-34-26(30)12-11-19-7-3-4-8-22(19)28(31)32/h3-13,20H,14-16H2,1-2H3/b12-11+/t20-/m1/s1. The Morgan fingerprint density at radius 3 is 2.63 bits per heavy atom. The van der Waals surface area contributed by atoms with Crippen LogP contribution < -0.4 is 9.47 Å². The summed E-state index contributed by atoms with van der Waals surface area (Å²) in [4.78, 5) is 35.4. The van der Waals surface area contributed by atoms with E-state index in [4.69, 9.17) is 14.2 Å². The molecule has 180 valence electrons. The number of Topliss-reactive ketones (excluding diaryl/α,β-unsaturated/α-hetero) is 1. The van der Waals surface area contributed by atoms with E-state index in [9.17, 15) is 19.7 Å². The van der Waals surface area contributed by atoms with E-state index in [1.165, 1.54) is 24.3 Å². The molecule has 0 amide bonds. The number of esters is 1. The molecule has 2 heterocycles. The number of carbonyl (C=O) groups is 2. The fourth-order valence-corrected chi connectivity index (χ4v) is 3.94. The third-order valence-corrected chi connectivity index (χ3v) is 5.71. The van der Waals surface area contributed by atoms with Gasteiger partial charge < -0.3 is 18.8 Å². The van der Waals surface area contributed by atoms with Gasteiger partial charge in [-0.2, -0.15) is 0 Å². The van der Waals surface area contributed by atoms with Crippen molar-refractivity contribution in [3.63, 3.8) is 0 Å². The molecule has 9 heteroatoms. The van der Waals surface area contributed by atoms with E-state index >= 15 is 0 Å². The molecule has 35 heavy (non-hydrogen) atoms. The molecule has 2 aromatic carbocycles. The highest BCUT2D eigenvalue weighted by Gasteiger charge is 2.24. The van der Waals surface area contributed by atoms with Gasteiger partial charge in [-0.25, -0.2) is 4.79 Å². The molecule has 0 radical (unpaired) electrons. The lowest BCUT2D eigenvalue weighted by Gasteiger charge is -2.27. The summed E-state index contributed by atoms with van der Waals surface area (Å²) in [5, 5.41) is 11.1. The Bertz CT molecular complexity index is 1310. The van der Waals surface area contributed by atoms with Gasteiger partial charge in [0.25, 0.3) is 5.69 Å². The first-order valence-corrected chi connectivity index (χ1v) is 11.0. The molecule has 0 bridgehead atoms. The first-order valence-electron chi connectivity index (χ1n) is 11.0. The van der Waals surface area contributed by atoms with E-state index in [1.807, 2.05) is 42.7 Å². The van der Waals surface area contributed by atoms with Crippen molar-refractivity contribution >= 4 is 23.5 Å². The van der Waals surface area contributed by atoms with Crippen LogP contribution in [0.4, 0.5) is 5.69 Å². The normalized spacial score (nSPS) is 14.6. The molecule has 4 rings (SSSR count). The van der Waals surface area contributed by atoms with Gasteiger partial charge in [0, 0.05) is 29.1 Å². The summed E-state index contributed by atoms with van der Waals surface area (Å²) in [5.74, 6) is 0.279. The molecule has 0 saturated carbocycles. The summed E-state index contributed by atoms with van der Waals surface area (Å²) >= 11 is 0. The molecule has 3 aromatic rings. The number of para-hydroxylation sites is 3. The third-order valence-electron chi connectivity index (χ3n) is 5.71. The van der Waals surface area contributed by atoms with Gasteiger partial charge in [-0.3, -0.25) is 14.9 Å². The number of carbonyl (C=O) groups excluding carboxylic acids is 2. The molecule has 1 atom stereocenters. The molecule has 0 N–H and O–H groups in total. The Morgan fingerprint density at radius 2 is 1.86 bits per heavy atom. The highest BCUT2D eigenvalue weighted by molar-refractivity contribution is 6.00. The minimum atomic E-state index is -0.767. The largest absolute Gasteiger partial charge is 0.486 e. The number of rotatable bonds is 8. The number of nitrogens with zero attached hydrogens (tertiary/aromatic N) is 2. The van der Waals surface area contributed by atoms with Gasteiger partial charge in [-0.05, 0) is 44.2 Å². The van der Waals surface area contributed by atoms with Crippen molar-refractivity contribution in [2.45, 2.75) is 26.5 Å². The fourth-order valence-electron chi connectivity index (χ4n) is 3.94. The number of nitro benzene ring substituents is 1. The summed E-state index contributed by atoms with van der Waals surface area (Å²) in [7, 11) is 0. The van der Waals surface area contributed by atoms with E-state index in [0.29, 0.717) is 30.2 Å². The number of ether oxygens (including phenoxy) is 3. The fraction of sp³-hybridized carbons (Fsp3) is 0.231. The number of hydrogen-bond acceptors (Lipinski definition) is 7. The van der Waals surface area contributed by atoms with E-state index in [-0.39, 0.29) is 23.1 Å². The minimum Gasteiger partial charge on any atom is -0.486 e. The summed E-state index contributed by atoms with van der Waals surface area (Å²) < 4.78 is 18.9. The third kappa shape index (κ3) is 5.40. The monoisotopic (exact) mass is 476 g/mol. The SMILES string of the molecule is Cc1cc(C(=O)COC(=O)/C=C/c2ccccc2[N+](=O)[O-])c(C)n1C[C@@H]1COc2ccccc2O1. The number of nitro groups is 1. The maximum absolute atomic E-state index is 12.7. The molecule has 0 spiro atoms. The first kappa shape index (κ1) is 23.7. The predicted octanol–water partition coefficient (Wildman–Crippen LogP) is 4.29. The highest BCUT2D eigenvalue weighted by Crippen LogP contribution is 2.31. The Kier molecular flexibility index (Phi) is 6.96. The second-order valence-corrected chi connectivity index (χ2v) is 8.07. The van der Waals surface area contributed by atoms with Gasteiger partial charge >= 0.3 is 5.97 Å². The topological polar surface area (TPSA) is 110 Å². The molecule has 9 nitrogen and oxygen atoms in total. The van der Waals surface area contributed by atoms with Crippen LogP contribution in [0.1, 0.15) is 27.3 Å². The smallest absolute Gasteiger partial charge is 0.331 e. The lowest BCUT2D eigenvalue weighted by atomic mass is 10.1. The maximum Gasteiger partial charge on any atom is 0.331 e. The zero-order valence-electron chi connectivity index (χ0n) is 19.3. The maximum atomic E-state index is 12.7. The summed E-state index contributed by atoms with van der Waals surface area (Å²) in [6.45, 7) is 4.16. The highest BCUT2D eigenvalue weighted by atomic mass is 16.6. The number of aromatic nitrogens is 1. The molecular weight excluding hydrogens is 452 g/mol. The van der Waals surface area contributed by atoms with Crippen LogP contribution in [0, 0.1) is 24.0 Å². The Morgan fingerprint density at radius 1 is 1.14 bits per heavy atom. The van der Waals surface area contributed by atoms with Gasteiger partial charge in [0.2, 0.25) is 5.78 Å². The van der Waals surface area contributed by atoms with Crippen LogP contribution in [0.3, 0.4) is 0 Å². The minimum absolute atomic E-state index is 0.129. The van der Waals surface area contributed by atoms with Gasteiger partial charge in [0.05, 0.1) is 17.0 Å². The van der Waals surface area contributed by atoms with Gasteiger partial charge in [0.15, 0.2) is 24.2 Å². The van der Waals surface area contributed by atoms with Crippen molar-refractivity contribution in [1.29, 1.82) is 0 Å². The Hall–Kier alpha value is -4.40. The van der Waals surface area contributed by atoms with Crippen molar-refractivity contribution in [2.24, 2.45) is 0 Å². The van der Waals surface area contributed by atoms with Crippen LogP contribution in [-0.2, 0) is 16.1 Å². The Balaban J connectivity index is 1.37. The molecule has 1 aliphatic rings. The van der Waals surface area contributed by atoms with Crippen LogP contribution in [0.5, 0.6) is 11.5 Å². The second-order valence-electron chi connectivity index (χ2n) is 8.07. The average Bonchev–Trinajstić information content (AvgIpc) is 3.14. The predicted molar refractivity (Wildman–Crippen MR) is 128 cm³/mol. The van der Waals surface area contributed by atoms with Gasteiger partial charge in [0.1, 0.15) is 6.61 Å². The molecule has 1 aromatic heterocycles. The van der Waals surface area contributed by atoms with Crippen molar-refractivity contribution in [3.8, 4) is 11.5 Å². The summed E-state index contributed by atoms with van der Waals surface area (Å²) in [6, 6.07) is 15.2. The molecular formula is C26H24N2O7. The van der Waals surface area contributed by atoms with Crippen LogP contribution in [0.15, 0.2) is 60.7 Å². The zero-order valence-corrected chi connectivity index (χ0v) is 19.3. The lowest BCUT2D eigenvalue weighted by molar-refractivity contribution is -0.385. The van der Waals surface area contributed by atoms with Crippen molar-refractivity contribution in [2.75, 3.05) is 13.2 Å². The van der Waals surface area contributed by atoms with E-state index < -0.39 is 17.5 Å². The van der Waals surface area contributed by atoms with Crippen LogP contribution in [-0.4, -0.2) is 40.6 Å². The molecule has 0 aliphatic carbocycles. The van der Waals surface area contributed by atoms with Crippen molar-refractivity contribution < 1.29 is 28.7 Å². The van der Waals surface area contributed by atoms with Gasteiger partial charge in [-0.1, -0.05) is 24.3 Å². The quantitative estimate of drug-likeness (QED) is 0.157. The number of fused-ring (bicyclic) bond motifs is 1. The van der Waals surface area contributed by atoms with E-state index in [2.05, 4.69) is 0 Å². The summed E-state index contributed by atoms with van der Waals surface area (Å²) in [6.07, 6.45) is 2.14. The average molecular weight is 476 g/mol. The molecule has 0 saturated heterocycles. The van der Waals surface area contributed by atoms with Crippen LogP contribution >= 0.6 is 0 Å². The second kappa shape index (κ2) is 10.3. The molecule has 1 aliphatic heterocycles. The molecule has 0 fully saturated rings. The first-order chi connectivity index (χ1) is 16.8. The van der Waals surface area contributed by atoms with Gasteiger partial charge in [-0.15, -0.1) is 0 Å².